The predicted molar refractivity (Wildman–Crippen MR) is 92.9 cm³/mol. The van der Waals surface area contributed by atoms with Crippen LogP contribution in [0, 0.1) is 0 Å². The van der Waals surface area contributed by atoms with Crippen molar-refractivity contribution in [1.29, 1.82) is 0 Å². The van der Waals surface area contributed by atoms with Crippen LogP contribution in [0.3, 0.4) is 0 Å². The van der Waals surface area contributed by atoms with Crippen LogP contribution in [0.4, 0.5) is 0 Å². The van der Waals surface area contributed by atoms with Gasteiger partial charge in [-0.1, -0.05) is 30.3 Å². The fourth-order valence-electron chi connectivity index (χ4n) is 2.93. The van der Waals surface area contributed by atoms with Gasteiger partial charge in [0.2, 0.25) is 0 Å². The van der Waals surface area contributed by atoms with Gasteiger partial charge in [0.25, 0.3) is 5.91 Å². The summed E-state index contributed by atoms with van der Waals surface area (Å²) >= 11 is 0. The van der Waals surface area contributed by atoms with Crippen LogP contribution in [0.2, 0.25) is 0 Å². The second-order valence-corrected chi connectivity index (χ2v) is 6.01. The number of benzene rings is 1. The van der Waals surface area contributed by atoms with Crippen LogP contribution in [-0.2, 0) is 11.2 Å². The van der Waals surface area contributed by atoms with Crippen LogP contribution in [0.25, 0.3) is 0 Å². The molecule has 1 N–H and O–H groups in total. The quantitative estimate of drug-likeness (QED) is 0.879. The van der Waals surface area contributed by atoms with Gasteiger partial charge in [0.1, 0.15) is 0 Å². The molecular formula is C19H23N3O2. The van der Waals surface area contributed by atoms with Gasteiger partial charge in [-0.15, -0.1) is 0 Å². The van der Waals surface area contributed by atoms with E-state index in [1.807, 2.05) is 18.2 Å². The number of hydrogen-bond donors (Lipinski definition) is 1. The first-order valence-electron chi connectivity index (χ1n) is 8.36. The number of aromatic nitrogens is 1. The highest BCUT2D eigenvalue weighted by Gasteiger charge is 2.19. The maximum absolute atomic E-state index is 12.5. The summed E-state index contributed by atoms with van der Waals surface area (Å²) < 4.78 is 5.41. The molecule has 2 heterocycles. The molecule has 5 heteroatoms. The van der Waals surface area contributed by atoms with Crippen LogP contribution in [0.15, 0.2) is 54.9 Å². The summed E-state index contributed by atoms with van der Waals surface area (Å²) in [5.41, 5.74) is 1.87. The summed E-state index contributed by atoms with van der Waals surface area (Å²) in [5, 5.41) is 3.18. The number of pyridine rings is 1. The van der Waals surface area contributed by atoms with Crippen molar-refractivity contribution in [1.82, 2.24) is 15.2 Å². The van der Waals surface area contributed by atoms with E-state index in [4.69, 9.17) is 4.74 Å². The molecule has 0 aliphatic carbocycles. The van der Waals surface area contributed by atoms with E-state index in [2.05, 4.69) is 27.3 Å². The van der Waals surface area contributed by atoms with Gasteiger partial charge in [-0.3, -0.25) is 14.7 Å². The number of nitrogens with zero attached hydrogens (tertiary/aromatic N) is 2. The highest BCUT2D eigenvalue weighted by Crippen LogP contribution is 2.08. The van der Waals surface area contributed by atoms with Gasteiger partial charge in [-0.2, -0.15) is 0 Å². The molecule has 1 amide bonds. The molecule has 1 aliphatic rings. The number of ether oxygens (including phenoxy) is 1. The van der Waals surface area contributed by atoms with Crippen molar-refractivity contribution < 1.29 is 9.53 Å². The third-order valence-corrected chi connectivity index (χ3v) is 4.18. The maximum Gasteiger partial charge on any atom is 0.251 e. The zero-order valence-electron chi connectivity index (χ0n) is 13.7. The van der Waals surface area contributed by atoms with Gasteiger partial charge in [0, 0.05) is 43.6 Å². The largest absolute Gasteiger partial charge is 0.379 e. The van der Waals surface area contributed by atoms with Gasteiger partial charge in [0.05, 0.1) is 13.2 Å². The molecule has 3 rings (SSSR count). The molecule has 1 aromatic heterocycles. The molecular weight excluding hydrogens is 302 g/mol. The van der Waals surface area contributed by atoms with Crippen LogP contribution >= 0.6 is 0 Å². The molecule has 126 valence electrons. The molecule has 1 saturated heterocycles. The van der Waals surface area contributed by atoms with Crippen LogP contribution < -0.4 is 5.32 Å². The molecule has 5 nitrogen and oxygen atoms in total. The summed E-state index contributed by atoms with van der Waals surface area (Å²) in [6.07, 6.45) is 4.10. The average molecular weight is 325 g/mol. The van der Waals surface area contributed by atoms with E-state index in [1.54, 1.807) is 24.5 Å². The van der Waals surface area contributed by atoms with Crippen molar-refractivity contribution in [3.8, 4) is 0 Å². The minimum Gasteiger partial charge on any atom is -0.379 e. The Labute approximate surface area is 142 Å². The Morgan fingerprint density at radius 2 is 1.83 bits per heavy atom. The summed E-state index contributed by atoms with van der Waals surface area (Å²) in [4.78, 5) is 18.8. The van der Waals surface area contributed by atoms with Crippen LogP contribution in [0.5, 0.6) is 0 Å². The first kappa shape index (κ1) is 16.6. The van der Waals surface area contributed by atoms with E-state index in [0.717, 1.165) is 39.3 Å². The van der Waals surface area contributed by atoms with Gasteiger partial charge < -0.3 is 10.1 Å². The molecule has 0 radical (unpaired) electrons. The SMILES string of the molecule is O=C(NC(Cc1ccccc1)CN1CCOCC1)c1ccncc1. The number of morpholine rings is 1. The highest BCUT2D eigenvalue weighted by atomic mass is 16.5. The monoisotopic (exact) mass is 325 g/mol. The molecule has 0 saturated carbocycles. The number of carbonyl (C=O) groups excluding carboxylic acids is 1. The Morgan fingerprint density at radius 3 is 2.54 bits per heavy atom. The molecule has 24 heavy (non-hydrogen) atoms. The molecule has 1 aliphatic heterocycles. The van der Waals surface area contributed by atoms with Crippen molar-refractivity contribution in [2.45, 2.75) is 12.5 Å². The van der Waals surface area contributed by atoms with Crippen molar-refractivity contribution in [3.05, 3.63) is 66.0 Å². The number of rotatable bonds is 6. The molecule has 0 bridgehead atoms. The van der Waals surface area contributed by atoms with E-state index in [9.17, 15) is 4.79 Å². The van der Waals surface area contributed by atoms with Crippen LogP contribution in [-0.4, -0.2) is 54.7 Å². The summed E-state index contributed by atoms with van der Waals surface area (Å²) in [6, 6.07) is 13.8. The van der Waals surface area contributed by atoms with Gasteiger partial charge in [0.15, 0.2) is 0 Å². The average Bonchev–Trinajstić information content (AvgIpc) is 2.64. The lowest BCUT2D eigenvalue weighted by molar-refractivity contribution is 0.0333. The van der Waals surface area contributed by atoms with Gasteiger partial charge in [-0.05, 0) is 24.1 Å². The Hall–Kier alpha value is -2.24. The summed E-state index contributed by atoms with van der Waals surface area (Å²) in [7, 11) is 0. The zero-order valence-corrected chi connectivity index (χ0v) is 13.7. The lowest BCUT2D eigenvalue weighted by Gasteiger charge is -2.31. The van der Waals surface area contributed by atoms with Crippen molar-refractivity contribution in [2.24, 2.45) is 0 Å². The molecule has 1 unspecified atom stereocenters. The first-order chi connectivity index (χ1) is 11.8. The molecule has 1 aromatic carbocycles. The predicted octanol–water partition coefficient (Wildman–Crippen LogP) is 1.75. The maximum atomic E-state index is 12.5. The third-order valence-electron chi connectivity index (χ3n) is 4.18. The Morgan fingerprint density at radius 1 is 1.12 bits per heavy atom. The van der Waals surface area contributed by atoms with E-state index in [0.29, 0.717) is 5.56 Å². The number of nitrogens with one attached hydrogen (secondary N) is 1. The van der Waals surface area contributed by atoms with E-state index >= 15 is 0 Å². The Bertz CT molecular complexity index is 628. The van der Waals surface area contributed by atoms with Crippen molar-refractivity contribution in [3.63, 3.8) is 0 Å². The summed E-state index contributed by atoms with van der Waals surface area (Å²) in [5.74, 6) is -0.0495. The van der Waals surface area contributed by atoms with E-state index < -0.39 is 0 Å². The normalized spacial score (nSPS) is 16.5. The fraction of sp³-hybridized carbons (Fsp3) is 0.368. The molecule has 1 atom stereocenters. The topological polar surface area (TPSA) is 54.5 Å². The lowest BCUT2D eigenvalue weighted by Crippen LogP contribution is -2.48. The summed E-state index contributed by atoms with van der Waals surface area (Å²) in [6.45, 7) is 4.18. The smallest absolute Gasteiger partial charge is 0.251 e. The van der Waals surface area contributed by atoms with Gasteiger partial charge >= 0.3 is 0 Å². The minimum atomic E-state index is -0.0495. The van der Waals surface area contributed by atoms with E-state index in [1.165, 1.54) is 5.56 Å². The van der Waals surface area contributed by atoms with Crippen molar-refractivity contribution in [2.75, 3.05) is 32.8 Å². The zero-order chi connectivity index (χ0) is 16.6. The second-order valence-electron chi connectivity index (χ2n) is 6.01. The Balaban J connectivity index is 1.67. The molecule has 1 fully saturated rings. The lowest BCUT2D eigenvalue weighted by atomic mass is 10.0. The molecule has 0 spiro atoms. The minimum absolute atomic E-state index is 0.0495. The van der Waals surface area contributed by atoms with Crippen molar-refractivity contribution >= 4 is 5.91 Å². The van der Waals surface area contributed by atoms with E-state index in [-0.39, 0.29) is 11.9 Å². The number of carbonyl (C=O) groups is 1. The second kappa shape index (κ2) is 8.57. The molecule has 2 aromatic rings. The third kappa shape index (κ3) is 4.88. The number of amides is 1. The fourth-order valence-corrected chi connectivity index (χ4v) is 2.93. The van der Waals surface area contributed by atoms with Crippen LogP contribution in [0.1, 0.15) is 15.9 Å². The standard InChI is InChI=1S/C19H23N3O2/c23-19(17-6-8-20-9-7-17)21-18(14-16-4-2-1-3-5-16)15-22-10-12-24-13-11-22/h1-9,18H,10-15H2,(H,21,23). The number of hydrogen-bond acceptors (Lipinski definition) is 4. The first-order valence-corrected chi connectivity index (χ1v) is 8.36. The van der Waals surface area contributed by atoms with Gasteiger partial charge in [-0.25, -0.2) is 0 Å². The highest BCUT2D eigenvalue weighted by molar-refractivity contribution is 5.94. The Kier molecular flexibility index (Phi) is 5.93.